The minimum Gasteiger partial charge on any atom is -0.450 e. The predicted octanol–water partition coefficient (Wildman–Crippen LogP) is 5.29. The van der Waals surface area contributed by atoms with Gasteiger partial charge in [0.1, 0.15) is 0 Å². The van der Waals surface area contributed by atoms with Gasteiger partial charge < -0.3 is 10.1 Å². The highest BCUT2D eigenvalue weighted by molar-refractivity contribution is 5.67. The fraction of sp³-hybridized carbons (Fsp3) is 0.941. The summed E-state index contributed by atoms with van der Waals surface area (Å²) in [4.78, 5) is 11.5. The summed E-state index contributed by atoms with van der Waals surface area (Å²) in [5, 5.41) is 2.89. The zero-order valence-corrected chi connectivity index (χ0v) is 13.9. The van der Waals surface area contributed by atoms with Gasteiger partial charge in [0.05, 0.1) is 6.61 Å². The summed E-state index contributed by atoms with van der Waals surface area (Å²) in [6.07, 6.45) is 11.9. The Hall–Kier alpha value is -0.730. The zero-order valence-electron chi connectivity index (χ0n) is 13.9. The van der Waals surface area contributed by atoms with E-state index in [1.54, 1.807) is 0 Å². The van der Waals surface area contributed by atoms with Gasteiger partial charge in [0.25, 0.3) is 0 Å². The van der Waals surface area contributed by atoms with E-state index in [1.807, 2.05) is 0 Å². The lowest BCUT2D eigenvalue weighted by Gasteiger charge is -2.15. The van der Waals surface area contributed by atoms with Gasteiger partial charge in [-0.25, -0.2) is 4.79 Å². The summed E-state index contributed by atoms with van der Waals surface area (Å²) in [6.45, 7) is 7.92. The topological polar surface area (TPSA) is 38.3 Å². The number of carbonyl (C=O) groups excluding carboxylic acids is 1. The Morgan fingerprint density at radius 1 is 0.950 bits per heavy atom. The molecule has 1 amide bonds. The second-order valence-electron chi connectivity index (χ2n) is 5.70. The Kier molecular flexibility index (Phi) is 14.1. The lowest BCUT2D eigenvalue weighted by Crippen LogP contribution is -2.30. The number of unbranched alkanes of at least 4 members (excludes halogenated alkanes) is 6. The maximum atomic E-state index is 11.5. The molecule has 0 aliphatic rings. The summed E-state index contributed by atoms with van der Waals surface area (Å²) in [6, 6.07) is 0. The largest absolute Gasteiger partial charge is 0.450 e. The van der Waals surface area contributed by atoms with Gasteiger partial charge >= 0.3 is 6.09 Å². The first-order valence-electron chi connectivity index (χ1n) is 8.65. The van der Waals surface area contributed by atoms with E-state index in [0.717, 1.165) is 19.4 Å². The van der Waals surface area contributed by atoms with E-state index in [9.17, 15) is 4.79 Å². The van der Waals surface area contributed by atoms with Crippen molar-refractivity contribution in [1.29, 1.82) is 0 Å². The molecular formula is C17H35NO2. The van der Waals surface area contributed by atoms with E-state index in [2.05, 4.69) is 26.1 Å². The molecule has 3 heteroatoms. The average molecular weight is 285 g/mol. The van der Waals surface area contributed by atoms with E-state index >= 15 is 0 Å². The fourth-order valence-corrected chi connectivity index (χ4v) is 2.27. The molecular weight excluding hydrogens is 250 g/mol. The van der Waals surface area contributed by atoms with Crippen molar-refractivity contribution in [3.63, 3.8) is 0 Å². The molecule has 0 fully saturated rings. The van der Waals surface area contributed by atoms with Crippen LogP contribution in [0.5, 0.6) is 0 Å². The average Bonchev–Trinajstić information content (AvgIpc) is 2.46. The van der Waals surface area contributed by atoms with Gasteiger partial charge in [-0.05, 0) is 18.8 Å². The second-order valence-corrected chi connectivity index (χ2v) is 5.70. The van der Waals surface area contributed by atoms with E-state index in [1.165, 1.54) is 51.4 Å². The van der Waals surface area contributed by atoms with E-state index < -0.39 is 0 Å². The van der Waals surface area contributed by atoms with Crippen LogP contribution in [0.3, 0.4) is 0 Å². The first-order chi connectivity index (χ1) is 9.74. The van der Waals surface area contributed by atoms with Crippen molar-refractivity contribution in [3.05, 3.63) is 0 Å². The monoisotopic (exact) mass is 285 g/mol. The quantitative estimate of drug-likeness (QED) is 0.467. The molecule has 0 aliphatic heterocycles. The van der Waals surface area contributed by atoms with Crippen LogP contribution in [0.15, 0.2) is 0 Å². The molecule has 0 saturated heterocycles. The summed E-state index contributed by atoms with van der Waals surface area (Å²) in [5.74, 6) is 0.594. The standard InChI is InChI=1S/C17H35NO2/c1-4-7-9-10-11-12-14-20-17(19)18-15-16(6-3)13-8-5-2/h16H,4-15H2,1-3H3,(H,18,19). The molecule has 0 rings (SSSR count). The molecule has 0 spiro atoms. The Morgan fingerprint density at radius 2 is 1.60 bits per heavy atom. The first-order valence-corrected chi connectivity index (χ1v) is 8.65. The third-order valence-electron chi connectivity index (χ3n) is 3.81. The van der Waals surface area contributed by atoms with Crippen LogP contribution < -0.4 is 5.32 Å². The highest BCUT2D eigenvalue weighted by Gasteiger charge is 2.08. The molecule has 0 radical (unpaired) electrons. The van der Waals surface area contributed by atoms with Crippen molar-refractivity contribution >= 4 is 6.09 Å². The van der Waals surface area contributed by atoms with Gasteiger partial charge in [-0.2, -0.15) is 0 Å². The number of ether oxygens (including phenoxy) is 1. The molecule has 0 heterocycles. The molecule has 20 heavy (non-hydrogen) atoms. The van der Waals surface area contributed by atoms with Crippen LogP contribution in [0.2, 0.25) is 0 Å². The van der Waals surface area contributed by atoms with Crippen LogP contribution in [0.1, 0.15) is 85.0 Å². The number of amides is 1. The van der Waals surface area contributed by atoms with Crippen molar-refractivity contribution in [2.45, 2.75) is 85.0 Å². The van der Waals surface area contributed by atoms with Gasteiger partial charge in [0.15, 0.2) is 0 Å². The number of rotatable bonds is 13. The molecule has 0 aromatic carbocycles. The first kappa shape index (κ1) is 19.3. The number of alkyl carbamates (subject to hydrolysis) is 1. The predicted molar refractivity (Wildman–Crippen MR) is 86.0 cm³/mol. The van der Waals surface area contributed by atoms with E-state index in [-0.39, 0.29) is 6.09 Å². The van der Waals surface area contributed by atoms with Crippen molar-refractivity contribution in [3.8, 4) is 0 Å². The molecule has 1 unspecified atom stereocenters. The Labute approximate surface area is 125 Å². The highest BCUT2D eigenvalue weighted by Crippen LogP contribution is 2.11. The smallest absolute Gasteiger partial charge is 0.407 e. The molecule has 0 aromatic heterocycles. The molecule has 0 aliphatic carbocycles. The van der Waals surface area contributed by atoms with Gasteiger partial charge in [-0.1, -0.05) is 72.1 Å². The van der Waals surface area contributed by atoms with Crippen molar-refractivity contribution < 1.29 is 9.53 Å². The number of nitrogens with one attached hydrogen (secondary N) is 1. The third-order valence-corrected chi connectivity index (χ3v) is 3.81. The molecule has 0 aromatic rings. The Morgan fingerprint density at radius 3 is 2.25 bits per heavy atom. The molecule has 3 nitrogen and oxygen atoms in total. The zero-order chi connectivity index (χ0) is 15.1. The van der Waals surface area contributed by atoms with Gasteiger partial charge in [0, 0.05) is 6.54 Å². The maximum Gasteiger partial charge on any atom is 0.407 e. The van der Waals surface area contributed by atoms with Crippen LogP contribution in [-0.4, -0.2) is 19.2 Å². The Bertz CT molecular complexity index is 219. The molecule has 1 atom stereocenters. The summed E-state index contributed by atoms with van der Waals surface area (Å²) in [5.41, 5.74) is 0. The van der Waals surface area contributed by atoms with Gasteiger partial charge in [-0.3, -0.25) is 0 Å². The highest BCUT2D eigenvalue weighted by atomic mass is 16.5. The lowest BCUT2D eigenvalue weighted by molar-refractivity contribution is 0.141. The maximum absolute atomic E-state index is 11.5. The summed E-state index contributed by atoms with van der Waals surface area (Å²) in [7, 11) is 0. The molecule has 0 bridgehead atoms. The van der Waals surface area contributed by atoms with Gasteiger partial charge in [0.2, 0.25) is 0 Å². The SMILES string of the molecule is CCCCCCCCOC(=O)NCC(CC)CCCC. The number of carbonyl (C=O) groups is 1. The Balaban J connectivity index is 3.43. The van der Waals surface area contributed by atoms with Crippen LogP contribution in [0.25, 0.3) is 0 Å². The summed E-state index contributed by atoms with van der Waals surface area (Å²) < 4.78 is 5.20. The molecule has 0 saturated carbocycles. The normalized spacial score (nSPS) is 12.2. The van der Waals surface area contributed by atoms with Crippen molar-refractivity contribution in [2.75, 3.05) is 13.2 Å². The number of hydrogen-bond acceptors (Lipinski definition) is 2. The minimum atomic E-state index is -0.242. The fourth-order valence-electron chi connectivity index (χ4n) is 2.27. The minimum absolute atomic E-state index is 0.242. The third kappa shape index (κ3) is 12.3. The second kappa shape index (κ2) is 14.7. The van der Waals surface area contributed by atoms with E-state index in [4.69, 9.17) is 4.74 Å². The van der Waals surface area contributed by atoms with Crippen LogP contribution in [-0.2, 0) is 4.74 Å². The van der Waals surface area contributed by atoms with Crippen LogP contribution >= 0.6 is 0 Å². The van der Waals surface area contributed by atoms with Crippen LogP contribution in [0.4, 0.5) is 4.79 Å². The van der Waals surface area contributed by atoms with Crippen molar-refractivity contribution in [1.82, 2.24) is 5.32 Å². The lowest BCUT2D eigenvalue weighted by atomic mass is 10.00. The van der Waals surface area contributed by atoms with E-state index in [0.29, 0.717) is 12.5 Å². The number of hydrogen-bond donors (Lipinski definition) is 1. The molecule has 120 valence electrons. The van der Waals surface area contributed by atoms with Gasteiger partial charge in [-0.15, -0.1) is 0 Å². The van der Waals surface area contributed by atoms with Crippen molar-refractivity contribution in [2.24, 2.45) is 5.92 Å². The molecule has 1 N–H and O–H groups in total. The summed E-state index contributed by atoms with van der Waals surface area (Å²) >= 11 is 0. The van der Waals surface area contributed by atoms with Crippen LogP contribution in [0, 0.1) is 5.92 Å².